The average Bonchev–Trinajstić information content (AvgIpc) is 3.02. The Morgan fingerprint density at radius 3 is 2.50 bits per heavy atom. The van der Waals surface area contributed by atoms with Gasteiger partial charge in [0.15, 0.2) is 0 Å². The average molecular weight is 421 g/mol. The SMILES string of the molecule is CCCC(=O)N(c1ccc2oc(=O)sc2c1)S(=O)(=O)c1ccc(OCC)cc1. The maximum absolute atomic E-state index is 13.2. The van der Waals surface area contributed by atoms with Gasteiger partial charge >= 0.3 is 4.94 Å². The van der Waals surface area contributed by atoms with E-state index in [1.807, 2.05) is 6.92 Å². The summed E-state index contributed by atoms with van der Waals surface area (Å²) in [5, 5.41) is 0. The van der Waals surface area contributed by atoms with Crippen LogP contribution in [0.3, 0.4) is 0 Å². The number of carbonyl (C=O) groups is 1. The van der Waals surface area contributed by atoms with Crippen LogP contribution in [0.25, 0.3) is 10.3 Å². The first-order chi connectivity index (χ1) is 13.4. The van der Waals surface area contributed by atoms with E-state index >= 15 is 0 Å². The zero-order valence-corrected chi connectivity index (χ0v) is 17.0. The van der Waals surface area contributed by atoms with Crippen LogP contribution in [0, 0.1) is 0 Å². The van der Waals surface area contributed by atoms with Crippen LogP contribution in [0.2, 0.25) is 0 Å². The second-order valence-corrected chi connectivity index (χ2v) is 8.67. The number of hydrogen-bond donors (Lipinski definition) is 0. The molecule has 28 heavy (non-hydrogen) atoms. The molecule has 1 aromatic heterocycles. The molecule has 1 heterocycles. The van der Waals surface area contributed by atoms with Crippen molar-refractivity contribution in [1.82, 2.24) is 0 Å². The van der Waals surface area contributed by atoms with E-state index in [1.165, 1.54) is 30.3 Å². The summed E-state index contributed by atoms with van der Waals surface area (Å²) in [5.41, 5.74) is 0.511. The Kier molecular flexibility index (Phi) is 5.85. The van der Waals surface area contributed by atoms with Crippen molar-refractivity contribution in [3.8, 4) is 5.75 Å². The van der Waals surface area contributed by atoms with Crippen molar-refractivity contribution in [3.63, 3.8) is 0 Å². The molecule has 0 radical (unpaired) electrons. The number of carbonyl (C=O) groups excluding carboxylic acids is 1. The summed E-state index contributed by atoms with van der Waals surface area (Å²) in [6.07, 6.45) is 0.561. The minimum Gasteiger partial charge on any atom is -0.494 e. The molecule has 0 aliphatic heterocycles. The summed E-state index contributed by atoms with van der Waals surface area (Å²) in [5.74, 6) is -0.0101. The van der Waals surface area contributed by atoms with Crippen LogP contribution in [0.5, 0.6) is 5.75 Å². The molecule has 3 aromatic rings. The van der Waals surface area contributed by atoms with Gasteiger partial charge in [-0.05, 0) is 55.8 Å². The summed E-state index contributed by atoms with van der Waals surface area (Å²) in [6.45, 7) is 4.08. The minimum absolute atomic E-state index is 0.0270. The van der Waals surface area contributed by atoms with Crippen molar-refractivity contribution in [2.24, 2.45) is 0 Å². The van der Waals surface area contributed by atoms with Crippen molar-refractivity contribution >= 4 is 43.2 Å². The van der Waals surface area contributed by atoms with Gasteiger partial charge in [-0.2, -0.15) is 0 Å². The number of rotatable bonds is 7. The lowest BCUT2D eigenvalue weighted by atomic mass is 10.2. The Hall–Kier alpha value is -2.65. The number of benzene rings is 2. The lowest BCUT2D eigenvalue weighted by Gasteiger charge is -2.22. The van der Waals surface area contributed by atoms with Crippen molar-refractivity contribution in [2.75, 3.05) is 10.9 Å². The molecule has 0 aliphatic carbocycles. The van der Waals surface area contributed by atoms with Gasteiger partial charge in [-0.25, -0.2) is 17.5 Å². The molecule has 0 saturated heterocycles. The first-order valence-corrected chi connectivity index (χ1v) is 11.0. The summed E-state index contributed by atoms with van der Waals surface area (Å²) in [7, 11) is -4.14. The molecule has 0 fully saturated rings. The zero-order valence-electron chi connectivity index (χ0n) is 15.4. The number of sulfonamides is 1. The molecular formula is C19H19NO6S2. The van der Waals surface area contributed by atoms with Crippen molar-refractivity contribution < 1.29 is 22.4 Å². The Balaban J connectivity index is 2.09. The molecule has 0 spiro atoms. The fraction of sp³-hybridized carbons (Fsp3) is 0.263. The minimum atomic E-state index is -4.14. The maximum atomic E-state index is 13.2. The molecule has 0 atom stereocenters. The zero-order chi connectivity index (χ0) is 20.3. The number of nitrogens with zero attached hydrogens (tertiary/aromatic N) is 1. The van der Waals surface area contributed by atoms with Gasteiger partial charge in [-0.1, -0.05) is 18.3 Å². The number of fused-ring (bicyclic) bond motifs is 1. The molecule has 3 rings (SSSR count). The molecule has 0 unspecified atom stereocenters. The van der Waals surface area contributed by atoms with E-state index in [1.54, 1.807) is 19.1 Å². The smallest absolute Gasteiger partial charge is 0.396 e. The topological polar surface area (TPSA) is 93.9 Å². The highest BCUT2D eigenvalue weighted by atomic mass is 32.2. The van der Waals surface area contributed by atoms with E-state index in [0.29, 0.717) is 29.1 Å². The first-order valence-electron chi connectivity index (χ1n) is 8.71. The van der Waals surface area contributed by atoms with E-state index < -0.39 is 20.9 Å². The van der Waals surface area contributed by atoms with Gasteiger partial charge < -0.3 is 9.15 Å². The lowest BCUT2D eigenvalue weighted by Crippen LogP contribution is -2.36. The molecule has 1 amide bonds. The molecule has 7 nitrogen and oxygen atoms in total. The molecule has 0 aliphatic rings. The quantitative estimate of drug-likeness (QED) is 0.576. The molecule has 0 bridgehead atoms. The third-order valence-corrected chi connectivity index (χ3v) is 6.46. The third-order valence-electron chi connectivity index (χ3n) is 3.91. The van der Waals surface area contributed by atoms with Gasteiger partial charge in [0.05, 0.1) is 21.9 Å². The van der Waals surface area contributed by atoms with E-state index in [4.69, 9.17) is 9.15 Å². The number of anilines is 1. The number of amides is 1. The molecular weight excluding hydrogens is 402 g/mol. The highest BCUT2D eigenvalue weighted by Gasteiger charge is 2.31. The van der Waals surface area contributed by atoms with Gasteiger partial charge in [0.2, 0.25) is 5.91 Å². The normalized spacial score (nSPS) is 11.5. The predicted octanol–water partition coefficient (Wildman–Crippen LogP) is 3.78. The fourth-order valence-electron chi connectivity index (χ4n) is 2.70. The third kappa shape index (κ3) is 3.95. The van der Waals surface area contributed by atoms with Crippen molar-refractivity contribution in [2.45, 2.75) is 31.6 Å². The fourth-order valence-corrected chi connectivity index (χ4v) is 4.84. The van der Waals surface area contributed by atoms with Gasteiger partial charge in [-0.3, -0.25) is 4.79 Å². The van der Waals surface area contributed by atoms with Crippen LogP contribution in [0.1, 0.15) is 26.7 Å². The summed E-state index contributed by atoms with van der Waals surface area (Å²) >= 11 is 0.851. The predicted molar refractivity (Wildman–Crippen MR) is 108 cm³/mol. The first kappa shape index (κ1) is 20.1. The number of ether oxygens (including phenoxy) is 1. The Bertz CT molecular complexity index is 1150. The summed E-state index contributed by atoms with van der Waals surface area (Å²) in [4.78, 5) is 23.6. The molecule has 0 N–H and O–H groups in total. The largest absolute Gasteiger partial charge is 0.494 e. The van der Waals surface area contributed by atoms with Crippen LogP contribution in [0.4, 0.5) is 5.69 Å². The van der Waals surface area contributed by atoms with Gasteiger partial charge in [0.25, 0.3) is 10.0 Å². The molecule has 0 saturated carbocycles. The van der Waals surface area contributed by atoms with Crippen LogP contribution in [-0.2, 0) is 14.8 Å². The van der Waals surface area contributed by atoms with Crippen molar-refractivity contribution in [3.05, 3.63) is 52.2 Å². The lowest BCUT2D eigenvalue weighted by molar-refractivity contribution is -0.117. The standard InChI is InChI=1S/C19H19NO6S2/c1-3-5-18(21)20(13-6-11-16-17(12-13)27-19(22)26-16)28(23,24)15-9-7-14(8-10-15)25-4-2/h6-12H,3-5H2,1-2H3. The van der Waals surface area contributed by atoms with Crippen LogP contribution < -0.4 is 14.0 Å². The van der Waals surface area contributed by atoms with Crippen LogP contribution in [0.15, 0.2) is 56.6 Å². The Morgan fingerprint density at radius 1 is 1.14 bits per heavy atom. The maximum Gasteiger partial charge on any atom is 0.396 e. The monoisotopic (exact) mass is 421 g/mol. The van der Waals surface area contributed by atoms with E-state index in [-0.39, 0.29) is 17.0 Å². The highest BCUT2D eigenvalue weighted by Crippen LogP contribution is 2.30. The van der Waals surface area contributed by atoms with Gasteiger partial charge in [0, 0.05) is 6.42 Å². The van der Waals surface area contributed by atoms with Crippen LogP contribution in [-0.4, -0.2) is 20.9 Å². The molecule has 9 heteroatoms. The Labute approximate surface area is 166 Å². The molecule has 148 valence electrons. The summed E-state index contributed by atoms with van der Waals surface area (Å²) < 4.78 is 38.1. The second-order valence-electron chi connectivity index (χ2n) is 5.90. The highest BCUT2D eigenvalue weighted by molar-refractivity contribution is 7.93. The van der Waals surface area contributed by atoms with E-state index in [9.17, 15) is 18.0 Å². The summed E-state index contributed by atoms with van der Waals surface area (Å²) in [6, 6.07) is 10.3. The molecule has 2 aromatic carbocycles. The van der Waals surface area contributed by atoms with Gasteiger partial charge in [0.1, 0.15) is 11.3 Å². The second kappa shape index (κ2) is 8.15. The van der Waals surface area contributed by atoms with Gasteiger partial charge in [-0.15, -0.1) is 0 Å². The van der Waals surface area contributed by atoms with E-state index in [2.05, 4.69) is 0 Å². The Morgan fingerprint density at radius 2 is 1.86 bits per heavy atom. The van der Waals surface area contributed by atoms with Crippen molar-refractivity contribution in [1.29, 1.82) is 0 Å². The van der Waals surface area contributed by atoms with E-state index in [0.717, 1.165) is 15.6 Å². The van der Waals surface area contributed by atoms with Crippen LogP contribution >= 0.6 is 11.3 Å². The number of hydrogen-bond acceptors (Lipinski definition) is 7.